The number of carbonyl (C=O) groups is 2. The molecule has 4 nitrogen and oxygen atoms in total. The zero-order valence-electron chi connectivity index (χ0n) is 14.0. The second-order valence-corrected chi connectivity index (χ2v) is 7.26. The minimum absolute atomic E-state index is 0.273. The van der Waals surface area contributed by atoms with E-state index < -0.39 is 5.97 Å². The number of nitrogens with one attached hydrogen (secondary N) is 1. The summed E-state index contributed by atoms with van der Waals surface area (Å²) in [6.07, 6.45) is 2.94. The summed E-state index contributed by atoms with van der Waals surface area (Å²) in [5.74, 6) is -0.804. The molecule has 0 bridgehead atoms. The number of ether oxygens (including phenoxy) is 1. The van der Waals surface area contributed by atoms with Gasteiger partial charge in [0.15, 0.2) is 0 Å². The summed E-state index contributed by atoms with van der Waals surface area (Å²) in [6.45, 7) is 5.73. The third-order valence-corrected chi connectivity index (χ3v) is 5.16. The van der Waals surface area contributed by atoms with Crippen molar-refractivity contribution in [2.45, 2.75) is 20.8 Å². The van der Waals surface area contributed by atoms with E-state index in [1.807, 2.05) is 13.8 Å². The van der Waals surface area contributed by atoms with Gasteiger partial charge in [-0.3, -0.25) is 4.79 Å². The minimum Gasteiger partial charge on any atom is -0.462 e. The number of amides is 1. The maximum atomic E-state index is 12.2. The zero-order chi connectivity index (χ0) is 18.6. The smallest absolute Gasteiger partial charge is 0.341 e. The van der Waals surface area contributed by atoms with Crippen molar-refractivity contribution in [3.8, 4) is 0 Å². The molecule has 1 aromatic heterocycles. The van der Waals surface area contributed by atoms with Crippen molar-refractivity contribution in [2.24, 2.45) is 0 Å². The Labute approximate surface area is 160 Å². The van der Waals surface area contributed by atoms with Crippen LogP contribution in [0, 0.1) is 13.8 Å². The molecule has 0 saturated heterocycles. The van der Waals surface area contributed by atoms with Gasteiger partial charge in [0, 0.05) is 21.0 Å². The molecule has 7 heteroatoms. The Bertz CT molecular complexity index is 843. The van der Waals surface area contributed by atoms with Crippen molar-refractivity contribution in [3.63, 3.8) is 0 Å². The van der Waals surface area contributed by atoms with E-state index in [2.05, 4.69) is 5.32 Å². The molecule has 1 heterocycles. The molecule has 0 saturated carbocycles. The molecule has 0 aliphatic carbocycles. The van der Waals surface area contributed by atoms with E-state index in [1.165, 1.54) is 17.4 Å². The lowest BCUT2D eigenvalue weighted by Gasteiger charge is -2.05. The largest absolute Gasteiger partial charge is 0.462 e. The van der Waals surface area contributed by atoms with Crippen LogP contribution < -0.4 is 5.32 Å². The molecule has 1 amide bonds. The SMILES string of the molecule is CCOC(=O)c1c(NC(=O)/C=C/c2ccc(Cl)cc2Cl)sc(C)c1C. The molecular formula is C18H17Cl2NO3S. The zero-order valence-corrected chi connectivity index (χ0v) is 16.3. The molecule has 0 fully saturated rings. The van der Waals surface area contributed by atoms with E-state index in [0.29, 0.717) is 26.2 Å². The first-order valence-corrected chi connectivity index (χ1v) is 9.12. The Kier molecular flexibility index (Phi) is 6.64. The summed E-state index contributed by atoms with van der Waals surface area (Å²) in [4.78, 5) is 25.3. The van der Waals surface area contributed by atoms with E-state index >= 15 is 0 Å². The fourth-order valence-electron chi connectivity index (χ4n) is 2.12. The Balaban J connectivity index is 2.19. The number of rotatable bonds is 5. The first-order valence-electron chi connectivity index (χ1n) is 7.54. The Morgan fingerprint density at radius 1 is 1.28 bits per heavy atom. The molecule has 132 valence electrons. The van der Waals surface area contributed by atoms with Crippen molar-refractivity contribution >= 4 is 57.5 Å². The lowest BCUT2D eigenvalue weighted by atomic mass is 10.1. The molecule has 0 aliphatic heterocycles. The highest BCUT2D eigenvalue weighted by atomic mass is 35.5. The monoisotopic (exact) mass is 397 g/mol. The van der Waals surface area contributed by atoms with Gasteiger partial charge in [-0.1, -0.05) is 29.3 Å². The van der Waals surface area contributed by atoms with Gasteiger partial charge < -0.3 is 10.1 Å². The van der Waals surface area contributed by atoms with Gasteiger partial charge in [-0.2, -0.15) is 0 Å². The molecule has 0 radical (unpaired) electrons. The lowest BCUT2D eigenvalue weighted by Crippen LogP contribution is -2.12. The van der Waals surface area contributed by atoms with E-state index in [9.17, 15) is 9.59 Å². The number of thiophene rings is 1. The van der Waals surface area contributed by atoms with E-state index in [0.717, 1.165) is 10.4 Å². The average Bonchev–Trinajstić information content (AvgIpc) is 2.81. The number of benzene rings is 1. The average molecular weight is 398 g/mol. The van der Waals surface area contributed by atoms with Crippen LogP contribution >= 0.6 is 34.5 Å². The molecule has 0 atom stereocenters. The first-order chi connectivity index (χ1) is 11.8. The topological polar surface area (TPSA) is 55.4 Å². The number of halogens is 2. The van der Waals surface area contributed by atoms with Gasteiger partial charge in [0.25, 0.3) is 0 Å². The fourth-order valence-corrected chi connectivity index (χ4v) is 3.64. The Morgan fingerprint density at radius 2 is 2.00 bits per heavy atom. The summed E-state index contributed by atoms with van der Waals surface area (Å²) in [5.41, 5.74) is 1.88. The van der Waals surface area contributed by atoms with Crippen LogP contribution in [-0.2, 0) is 9.53 Å². The van der Waals surface area contributed by atoms with E-state index in [1.54, 1.807) is 31.2 Å². The Hall–Kier alpha value is -1.82. The van der Waals surface area contributed by atoms with Gasteiger partial charge in [0.2, 0.25) is 5.91 Å². The van der Waals surface area contributed by atoms with Crippen LogP contribution in [0.4, 0.5) is 5.00 Å². The van der Waals surface area contributed by atoms with Crippen molar-refractivity contribution in [1.29, 1.82) is 0 Å². The maximum absolute atomic E-state index is 12.2. The van der Waals surface area contributed by atoms with Crippen LogP contribution in [0.1, 0.15) is 33.3 Å². The highest BCUT2D eigenvalue weighted by Crippen LogP contribution is 2.33. The normalized spacial score (nSPS) is 10.9. The van der Waals surface area contributed by atoms with Crippen molar-refractivity contribution in [2.75, 3.05) is 11.9 Å². The number of anilines is 1. The predicted octanol–water partition coefficient (Wildman–Crippen LogP) is 5.50. The van der Waals surface area contributed by atoms with Gasteiger partial charge in [0.05, 0.1) is 12.2 Å². The molecule has 25 heavy (non-hydrogen) atoms. The quantitative estimate of drug-likeness (QED) is 0.535. The molecule has 2 rings (SSSR count). The molecule has 0 unspecified atom stereocenters. The molecule has 1 aromatic carbocycles. The number of hydrogen-bond acceptors (Lipinski definition) is 4. The van der Waals surface area contributed by atoms with Crippen molar-refractivity contribution in [1.82, 2.24) is 0 Å². The minimum atomic E-state index is -0.440. The van der Waals surface area contributed by atoms with Crippen LogP contribution in [-0.4, -0.2) is 18.5 Å². The Morgan fingerprint density at radius 3 is 2.64 bits per heavy atom. The van der Waals surface area contributed by atoms with Crippen LogP contribution in [0.25, 0.3) is 6.08 Å². The van der Waals surface area contributed by atoms with Gasteiger partial charge in [-0.25, -0.2) is 4.79 Å². The molecule has 0 aliphatic rings. The highest BCUT2D eigenvalue weighted by Gasteiger charge is 2.21. The molecule has 0 spiro atoms. The predicted molar refractivity (Wildman–Crippen MR) is 104 cm³/mol. The summed E-state index contributed by atoms with van der Waals surface area (Å²) in [6, 6.07) is 5.01. The second kappa shape index (κ2) is 8.52. The number of esters is 1. The number of carbonyl (C=O) groups excluding carboxylic acids is 2. The fraction of sp³-hybridized carbons (Fsp3) is 0.222. The van der Waals surface area contributed by atoms with Gasteiger partial charge in [-0.15, -0.1) is 11.3 Å². The lowest BCUT2D eigenvalue weighted by molar-refractivity contribution is -0.111. The highest BCUT2D eigenvalue weighted by molar-refractivity contribution is 7.16. The third kappa shape index (κ3) is 4.84. The standard InChI is InChI=1S/C18H17Cl2NO3S/c1-4-24-18(23)16-10(2)11(3)25-17(16)21-15(22)8-6-12-5-7-13(19)9-14(12)20/h5-9H,4H2,1-3H3,(H,21,22)/b8-6+. The van der Waals surface area contributed by atoms with Crippen LogP contribution in [0.3, 0.4) is 0 Å². The summed E-state index contributed by atoms with van der Waals surface area (Å²) in [5, 5.41) is 4.19. The van der Waals surface area contributed by atoms with Gasteiger partial charge in [-0.05, 0) is 50.1 Å². The first kappa shape index (κ1) is 19.5. The van der Waals surface area contributed by atoms with E-state index in [4.69, 9.17) is 27.9 Å². The molecular weight excluding hydrogens is 381 g/mol. The summed E-state index contributed by atoms with van der Waals surface area (Å²) >= 11 is 13.3. The molecule has 1 N–H and O–H groups in total. The van der Waals surface area contributed by atoms with Crippen LogP contribution in [0.2, 0.25) is 10.0 Å². The van der Waals surface area contributed by atoms with Crippen molar-refractivity contribution in [3.05, 3.63) is 55.9 Å². The van der Waals surface area contributed by atoms with Gasteiger partial charge >= 0.3 is 5.97 Å². The second-order valence-electron chi connectivity index (χ2n) is 5.20. The van der Waals surface area contributed by atoms with Gasteiger partial charge in [0.1, 0.15) is 5.00 Å². The maximum Gasteiger partial charge on any atom is 0.341 e. The van der Waals surface area contributed by atoms with Crippen LogP contribution in [0.15, 0.2) is 24.3 Å². The van der Waals surface area contributed by atoms with Crippen LogP contribution in [0.5, 0.6) is 0 Å². The summed E-state index contributed by atoms with van der Waals surface area (Å²) in [7, 11) is 0. The molecule has 2 aromatic rings. The number of aryl methyl sites for hydroxylation is 1. The van der Waals surface area contributed by atoms with E-state index in [-0.39, 0.29) is 12.5 Å². The number of hydrogen-bond donors (Lipinski definition) is 1. The third-order valence-electron chi connectivity index (χ3n) is 3.48. The summed E-state index contributed by atoms with van der Waals surface area (Å²) < 4.78 is 5.07. The van der Waals surface area contributed by atoms with Crippen molar-refractivity contribution < 1.29 is 14.3 Å².